The summed E-state index contributed by atoms with van der Waals surface area (Å²) in [5, 5.41) is 4.73. The minimum absolute atomic E-state index is 0.0715. The molecule has 2 unspecified atom stereocenters. The first-order chi connectivity index (χ1) is 9.42. The van der Waals surface area contributed by atoms with Crippen molar-refractivity contribution in [1.82, 2.24) is 10.0 Å². The van der Waals surface area contributed by atoms with E-state index in [9.17, 15) is 13.2 Å². The SMILES string of the molecule is COC(=O)c1cc(S(=O)(=O)NC2CCNC(C)C2)cs1. The van der Waals surface area contributed by atoms with E-state index in [2.05, 4.69) is 14.8 Å². The average molecular weight is 318 g/mol. The predicted octanol–water partition coefficient (Wildman–Crippen LogP) is 0.954. The Hall–Kier alpha value is -0.960. The topological polar surface area (TPSA) is 84.5 Å². The quantitative estimate of drug-likeness (QED) is 0.808. The third kappa shape index (κ3) is 3.57. The zero-order valence-corrected chi connectivity index (χ0v) is 13.0. The number of esters is 1. The number of methoxy groups -OCH3 is 1. The van der Waals surface area contributed by atoms with Crippen LogP contribution in [0.5, 0.6) is 0 Å². The summed E-state index contributed by atoms with van der Waals surface area (Å²) in [6.07, 6.45) is 1.52. The van der Waals surface area contributed by atoms with Crippen molar-refractivity contribution in [1.29, 1.82) is 0 Å². The van der Waals surface area contributed by atoms with E-state index in [-0.39, 0.29) is 15.8 Å². The molecule has 0 aromatic carbocycles. The predicted molar refractivity (Wildman–Crippen MR) is 76.5 cm³/mol. The van der Waals surface area contributed by atoms with Crippen LogP contribution in [-0.2, 0) is 14.8 Å². The number of ether oxygens (including phenoxy) is 1. The molecule has 2 rings (SSSR count). The first-order valence-electron chi connectivity index (χ1n) is 6.35. The minimum atomic E-state index is -3.58. The number of hydrogen-bond acceptors (Lipinski definition) is 6. The monoisotopic (exact) mass is 318 g/mol. The van der Waals surface area contributed by atoms with Gasteiger partial charge in [-0.2, -0.15) is 0 Å². The summed E-state index contributed by atoms with van der Waals surface area (Å²) in [6, 6.07) is 1.57. The Morgan fingerprint density at radius 3 is 2.95 bits per heavy atom. The third-order valence-electron chi connectivity index (χ3n) is 3.22. The van der Waals surface area contributed by atoms with Crippen molar-refractivity contribution in [3.05, 3.63) is 16.3 Å². The standard InChI is InChI=1S/C12H18N2O4S2/c1-8-5-9(3-4-13-8)14-20(16,17)10-6-11(19-7-10)12(15)18-2/h6-9,13-14H,3-5H2,1-2H3. The molecular formula is C12H18N2O4S2. The van der Waals surface area contributed by atoms with Crippen LogP contribution >= 0.6 is 11.3 Å². The molecule has 1 fully saturated rings. The molecule has 6 nitrogen and oxygen atoms in total. The van der Waals surface area contributed by atoms with Gasteiger partial charge in [-0.05, 0) is 32.4 Å². The molecule has 0 amide bonds. The molecule has 0 aliphatic carbocycles. The van der Waals surface area contributed by atoms with Crippen LogP contribution in [0.2, 0.25) is 0 Å². The Labute approximate surface area is 122 Å². The van der Waals surface area contributed by atoms with Gasteiger partial charge in [0.2, 0.25) is 10.0 Å². The fraction of sp³-hybridized carbons (Fsp3) is 0.583. The maximum Gasteiger partial charge on any atom is 0.348 e. The Balaban J connectivity index is 2.10. The van der Waals surface area contributed by atoms with Gasteiger partial charge < -0.3 is 10.1 Å². The van der Waals surface area contributed by atoms with Crippen molar-refractivity contribution in [2.24, 2.45) is 0 Å². The van der Waals surface area contributed by atoms with Crippen molar-refractivity contribution in [2.45, 2.75) is 36.7 Å². The molecule has 1 saturated heterocycles. The summed E-state index contributed by atoms with van der Waals surface area (Å²) < 4.78 is 31.8. The van der Waals surface area contributed by atoms with Gasteiger partial charge in [0.15, 0.2) is 0 Å². The van der Waals surface area contributed by atoms with Crippen molar-refractivity contribution in [3.8, 4) is 0 Å². The number of piperidine rings is 1. The molecule has 2 atom stereocenters. The molecule has 0 bridgehead atoms. The highest BCUT2D eigenvalue weighted by atomic mass is 32.2. The summed E-state index contributed by atoms with van der Waals surface area (Å²) >= 11 is 1.07. The number of hydrogen-bond donors (Lipinski definition) is 2. The van der Waals surface area contributed by atoms with Crippen molar-refractivity contribution < 1.29 is 17.9 Å². The maximum absolute atomic E-state index is 12.3. The van der Waals surface area contributed by atoms with Gasteiger partial charge in [-0.1, -0.05) is 0 Å². The first-order valence-corrected chi connectivity index (χ1v) is 8.71. The molecule has 0 spiro atoms. The van der Waals surface area contributed by atoms with E-state index in [0.717, 1.165) is 30.7 Å². The molecule has 1 aliphatic heterocycles. The molecule has 0 saturated carbocycles. The van der Waals surface area contributed by atoms with Gasteiger partial charge in [-0.25, -0.2) is 17.9 Å². The fourth-order valence-electron chi connectivity index (χ4n) is 2.19. The summed E-state index contributed by atoms with van der Waals surface area (Å²) in [4.78, 5) is 11.8. The van der Waals surface area contributed by atoms with Gasteiger partial charge in [0.1, 0.15) is 4.88 Å². The van der Waals surface area contributed by atoms with Crippen LogP contribution < -0.4 is 10.0 Å². The molecule has 112 valence electrons. The molecule has 2 heterocycles. The van der Waals surface area contributed by atoms with Crippen molar-refractivity contribution >= 4 is 27.3 Å². The van der Waals surface area contributed by atoms with Gasteiger partial charge in [0, 0.05) is 17.5 Å². The lowest BCUT2D eigenvalue weighted by Gasteiger charge is -2.28. The molecule has 1 aliphatic rings. The third-order valence-corrected chi connectivity index (χ3v) is 5.78. The van der Waals surface area contributed by atoms with Crippen molar-refractivity contribution in [2.75, 3.05) is 13.7 Å². The smallest absolute Gasteiger partial charge is 0.348 e. The minimum Gasteiger partial charge on any atom is -0.465 e. The largest absolute Gasteiger partial charge is 0.465 e. The molecule has 2 N–H and O–H groups in total. The fourth-order valence-corrected chi connectivity index (χ4v) is 4.67. The highest BCUT2D eigenvalue weighted by Gasteiger charge is 2.25. The highest BCUT2D eigenvalue weighted by molar-refractivity contribution is 7.89. The number of nitrogens with one attached hydrogen (secondary N) is 2. The lowest BCUT2D eigenvalue weighted by atomic mass is 10.0. The van der Waals surface area contributed by atoms with E-state index in [1.54, 1.807) is 0 Å². The van der Waals surface area contributed by atoms with E-state index in [1.807, 2.05) is 6.92 Å². The molecule has 8 heteroatoms. The van der Waals surface area contributed by atoms with Crippen LogP contribution in [0.4, 0.5) is 0 Å². The Kier molecular flexibility index (Phi) is 4.79. The number of carbonyl (C=O) groups is 1. The summed E-state index contributed by atoms with van der Waals surface area (Å²) in [5.41, 5.74) is 0. The van der Waals surface area contributed by atoms with Gasteiger partial charge in [0.05, 0.1) is 12.0 Å². The lowest BCUT2D eigenvalue weighted by molar-refractivity contribution is 0.0606. The van der Waals surface area contributed by atoms with Crippen LogP contribution in [0.1, 0.15) is 29.4 Å². The van der Waals surface area contributed by atoms with Crippen LogP contribution in [0.25, 0.3) is 0 Å². The zero-order chi connectivity index (χ0) is 14.8. The first kappa shape index (κ1) is 15.4. The van der Waals surface area contributed by atoms with Crippen LogP contribution in [0.3, 0.4) is 0 Å². The number of thiophene rings is 1. The Morgan fingerprint density at radius 1 is 1.55 bits per heavy atom. The summed E-state index contributed by atoms with van der Waals surface area (Å²) in [6.45, 7) is 2.83. The van der Waals surface area contributed by atoms with E-state index in [0.29, 0.717) is 6.04 Å². The number of sulfonamides is 1. The molecule has 1 aromatic heterocycles. The van der Waals surface area contributed by atoms with Gasteiger partial charge in [-0.3, -0.25) is 0 Å². The van der Waals surface area contributed by atoms with Gasteiger partial charge >= 0.3 is 5.97 Å². The second kappa shape index (κ2) is 6.21. The maximum atomic E-state index is 12.3. The van der Waals surface area contributed by atoms with Crippen LogP contribution in [0, 0.1) is 0 Å². The second-order valence-corrected chi connectivity index (χ2v) is 7.46. The normalized spacial score (nSPS) is 23.5. The zero-order valence-electron chi connectivity index (χ0n) is 11.4. The van der Waals surface area contributed by atoms with E-state index in [4.69, 9.17) is 0 Å². The second-order valence-electron chi connectivity index (χ2n) is 4.84. The van der Waals surface area contributed by atoms with E-state index < -0.39 is 16.0 Å². The van der Waals surface area contributed by atoms with Crippen LogP contribution in [-0.4, -0.2) is 40.1 Å². The van der Waals surface area contributed by atoms with E-state index in [1.165, 1.54) is 18.6 Å². The molecular weight excluding hydrogens is 300 g/mol. The molecule has 1 aromatic rings. The van der Waals surface area contributed by atoms with E-state index >= 15 is 0 Å². The molecule has 0 radical (unpaired) electrons. The number of carbonyl (C=O) groups excluding carboxylic acids is 1. The highest BCUT2D eigenvalue weighted by Crippen LogP contribution is 2.21. The summed E-state index contributed by atoms with van der Waals surface area (Å²) in [5.74, 6) is -0.521. The van der Waals surface area contributed by atoms with Gasteiger partial charge in [0.25, 0.3) is 0 Å². The van der Waals surface area contributed by atoms with Crippen LogP contribution in [0.15, 0.2) is 16.3 Å². The summed E-state index contributed by atoms with van der Waals surface area (Å²) in [7, 11) is -2.31. The van der Waals surface area contributed by atoms with Crippen molar-refractivity contribution in [3.63, 3.8) is 0 Å². The van der Waals surface area contributed by atoms with Gasteiger partial charge in [-0.15, -0.1) is 11.3 Å². The average Bonchev–Trinajstić information content (AvgIpc) is 2.87. The Bertz CT molecular complexity index is 582. The lowest BCUT2D eigenvalue weighted by Crippen LogP contribution is -2.46. The molecule has 20 heavy (non-hydrogen) atoms. The Morgan fingerprint density at radius 2 is 2.30 bits per heavy atom. The number of rotatable bonds is 4.